The van der Waals surface area contributed by atoms with Crippen LogP contribution in [0.1, 0.15) is 18.4 Å². The summed E-state index contributed by atoms with van der Waals surface area (Å²) in [6.45, 7) is 1.70. The zero-order valence-corrected chi connectivity index (χ0v) is 12.9. The topological polar surface area (TPSA) is 132 Å². The summed E-state index contributed by atoms with van der Waals surface area (Å²) in [6.07, 6.45) is -0.287. The molecular formula is C12H16ClN3O4S. The minimum atomic E-state index is -4.04. The van der Waals surface area contributed by atoms with Gasteiger partial charge in [0.05, 0.1) is 5.02 Å². The lowest BCUT2D eigenvalue weighted by atomic mass is 10.1. The molecule has 0 heterocycles. The molecule has 5 N–H and O–H groups in total. The van der Waals surface area contributed by atoms with E-state index < -0.39 is 27.9 Å². The number of sulfonamides is 1. The Labute approximate surface area is 127 Å². The zero-order valence-electron chi connectivity index (χ0n) is 11.3. The lowest BCUT2D eigenvalue weighted by molar-refractivity contribution is -0.120. The van der Waals surface area contributed by atoms with Crippen LogP contribution in [0.4, 0.5) is 0 Å². The van der Waals surface area contributed by atoms with E-state index in [0.717, 1.165) is 0 Å². The summed E-state index contributed by atoms with van der Waals surface area (Å²) in [5, 5.41) is 0.0196. The van der Waals surface area contributed by atoms with Gasteiger partial charge in [-0.25, -0.2) is 8.42 Å². The molecule has 1 rings (SSSR count). The normalized spacial score (nSPS) is 12.9. The predicted octanol–water partition coefficient (Wildman–Crippen LogP) is 0.0461. The lowest BCUT2D eigenvalue weighted by Gasteiger charge is -2.16. The molecule has 7 nitrogen and oxygen atoms in total. The molecule has 0 unspecified atom stereocenters. The van der Waals surface area contributed by atoms with Crippen molar-refractivity contribution in [3.63, 3.8) is 0 Å². The molecule has 0 saturated carbocycles. The van der Waals surface area contributed by atoms with Crippen LogP contribution in [0.2, 0.25) is 5.02 Å². The first kappa shape index (κ1) is 17.4. The highest BCUT2D eigenvalue weighted by atomic mass is 35.5. The minimum Gasteiger partial charge on any atom is -0.370 e. The Morgan fingerprint density at radius 2 is 1.95 bits per heavy atom. The van der Waals surface area contributed by atoms with Crippen molar-refractivity contribution in [1.82, 2.24) is 4.72 Å². The molecule has 0 aromatic heterocycles. The van der Waals surface area contributed by atoms with E-state index in [1.165, 1.54) is 12.1 Å². The van der Waals surface area contributed by atoms with Crippen LogP contribution in [-0.2, 0) is 19.6 Å². The number of nitrogens with one attached hydrogen (secondary N) is 1. The molecule has 1 aromatic rings. The number of amides is 2. The van der Waals surface area contributed by atoms with Crippen molar-refractivity contribution >= 4 is 33.4 Å². The van der Waals surface area contributed by atoms with Gasteiger partial charge < -0.3 is 11.5 Å². The van der Waals surface area contributed by atoms with Gasteiger partial charge in [0.25, 0.3) is 0 Å². The molecule has 0 aliphatic rings. The van der Waals surface area contributed by atoms with Crippen molar-refractivity contribution in [2.24, 2.45) is 11.5 Å². The van der Waals surface area contributed by atoms with Gasteiger partial charge in [0, 0.05) is 6.42 Å². The quantitative estimate of drug-likeness (QED) is 0.650. The van der Waals surface area contributed by atoms with Gasteiger partial charge in [-0.1, -0.05) is 17.7 Å². The van der Waals surface area contributed by atoms with E-state index in [2.05, 4.69) is 4.72 Å². The average molecular weight is 334 g/mol. The highest BCUT2D eigenvalue weighted by molar-refractivity contribution is 7.89. The Kier molecular flexibility index (Phi) is 5.70. The SMILES string of the molecule is Cc1ccc(Cl)c(S(=O)(=O)N[C@@H](CCC(N)=O)C(N)=O)c1. The zero-order chi connectivity index (χ0) is 16.2. The van der Waals surface area contributed by atoms with Crippen LogP contribution < -0.4 is 16.2 Å². The van der Waals surface area contributed by atoms with Crippen molar-refractivity contribution in [1.29, 1.82) is 0 Å². The smallest absolute Gasteiger partial charge is 0.242 e. The van der Waals surface area contributed by atoms with Gasteiger partial charge >= 0.3 is 0 Å². The van der Waals surface area contributed by atoms with E-state index in [0.29, 0.717) is 5.56 Å². The van der Waals surface area contributed by atoms with Gasteiger partial charge in [-0.2, -0.15) is 4.72 Å². The number of benzene rings is 1. The first-order chi connectivity index (χ1) is 9.63. The number of aryl methyl sites for hydroxylation is 1. The Balaban J connectivity index is 3.03. The summed E-state index contributed by atoms with van der Waals surface area (Å²) in [7, 11) is -4.04. The largest absolute Gasteiger partial charge is 0.370 e. The number of hydrogen-bond donors (Lipinski definition) is 3. The van der Waals surface area contributed by atoms with Crippen LogP contribution in [-0.4, -0.2) is 26.3 Å². The number of carbonyl (C=O) groups is 2. The van der Waals surface area contributed by atoms with Crippen molar-refractivity contribution in [3.8, 4) is 0 Å². The number of hydrogen-bond acceptors (Lipinski definition) is 4. The van der Waals surface area contributed by atoms with Crippen LogP contribution in [0, 0.1) is 6.92 Å². The fourth-order valence-corrected chi connectivity index (χ4v) is 3.44. The molecule has 0 aliphatic heterocycles. The Morgan fingerprint density at radius 1 is 1.33 bits per heavy atom. The number of halogens is 1. The maximum absolute atomic E-state index is 12.2. The van der Waals surface area contributed by atoms with Gasteiger partial charge in [0.15, 0.2) is 0 Å². The molecule has 116 valence electrons. The van der Waals surface area contributed by atoms with Crippen molar-refractivity contribution in [2.75, 3.05) is 0 Å². The van der Waals surface area contributed by atoms with E-state index in [1.54, 1.807) is 13.0 Å². The molecule has 0 spiro atoms. The highest BCUT2D eigenvalue weighted by Gasteiger charge is 2.26. The molecule has 9 heteroatoms. The summed E-state index contributed by atoms with van der Waals surface area (Å²) in [5.74, 6) is -1.56. The number of rotatable bonds is 7. The number of primary amides is 2. The third kappa shape index (κ3) is 5.00. The number of nitrogens with two attached hydrogens (primary N) is 2. The molecule has 1 atom stereocenters. The summed E-state index contributed by atoms with van der Waals surface area (Å²) >= 11 is 5.86. The molecule has 21 heavy (non-hydrogen) atoms. The van der Waals surface area contributed by atoms with Crippen LogP contribution in [0.15, 0.2) is 23.1 Å². The molecule has 1 aromatic carbocycles. The van der Waals surface area contributed by atoms with Crippen LogP contribution in [0.3, 0.4) is 0 Å². The minimum absolute atomic E-state index is 0.0196. The summed E-state index contributed by atoms with van der Waals surface area (Å²) in [5.41, 5.74) is 10.8. The Morgan fingerprint density at radius 3 is 2.48 bits per heavy atom. The average Bonchev–Trinajstić information content (AvgIpc) is 2.36. The van der Waals surface area contributed by atoms with Gasteiger partial charge in [0.2, 0.25) is 21.8 Å². The maximum atomic E-state index is 12.2. The van der Waals surface area contributed by atoms with Crippen molar-refractivity contribution in [3.05, 3.63) is 28.8 Å². The molecule has 0 aliphatic carbocycles. The summed E-state index contributed by atoms with van der Waals surface area (Å²) in [6, 6.07) is 3.23. The third-order valence-electron chi connectivity index (χ3n) is 2.70. The monoisotopic (exact) mass is 333 g/mol. The van der Waals surface area contributed by atoms with Crippen LogP contribution >= 0.6 is 11.6 Å². The highest BCUT2D eigenvalue weighted by Crippen LogP contribution is 2.22. The van der Waals surface area contributed by atoms with Crippen molar-refractivity contribution in [2.45, 2.75) is 30.7 Å². The number of carbonyl (C=O) groups excluding carboxylic acids is 2. The standard InChI is InChI=1S/C12H16ClN3O4S/c1-7-2-3-8(13)10(6-7)21(19,20)16-9(12(15)18)4-5-11(14)17/h2-3,6,9,16H,4-5H2,1H3,(H2,14,17)(H2,15,18)/t9-/m0/s1. The second-order valence-corrected chi connectivity index (χ2v) is 6.60. The molecule has 0 fully saturated rings. The fourth-order valence-electron chi connectivity index (χ4n) is 1.61. The second kappa shape index (κ2) is 6.88. The van der Waals surface area contributed by atoms with Crippen LogP contribution in [0.5, 0.6) is 0 Å². The van der Waals surface area contributed by atoms with E-state index in [9.17, 15) is 18.0 Å². The van der Waals surface area contributed by atoms with E-state index in [1.807, 2.05) is 0 Å². The first-order valence-electron chi connectivity index (χ1n) is 5.99. The van der Waals surface area contributed by atoms with Gasteiger partial charge in [0.1, 0.15) is 10.9 Å². The molecule has 0 saturated heterocycles. The van der Waals surface area contributed by atoms with E-state index in [-0.39, 0.29) is 22.8 Å². The van der Waals surface area contributed by atoms with E-state index >= 15 is 0 Å². The second-order valence-electron chi connectivity index (χ2n) is 4.52. The molecule has 0 radical (unpaired) electrons. The summed E-state index contributed by atoms with van der Waals surface area (Å²) in [4.78, 5) is 21.9. The Hall–Kier alpha value is -1.64. The van der Waals surface area contributed by atoms with Crippen LogP contribution in [0.25, 0.3) is 0 Å². The fraction of sp³-hybridized carbons (Fsp3) is 0.333. The lowest BCUT2D eigenvalue weighted by Crippen LogP contribution is -2.44. The molecule has 2 amide bonds. The van der Waals surface area contributed by atoms with Gasteiger partial charge in [-0.3, -0.25) is 9.59 Å². The summed E-state index contributed by atoms with van der Waals surface area (Å²) < 4.78 is 26.6. The van der Waals surface area contributed by atoms with Gasteiger partial charge in [-0.15, -0.1) is 0 Å². The predicted molar refractivity (Wildman–Crippen MR) is 77.9 cm³/mol. The first-order valence-corrected chi connectivity index (χ1v) is 7.85. The Bertz CT molecular complexity index is 660. The molecular weight excluding hydrogens is 318 g/mol. The molecule has 0 bridgehead atoms. The maximum Gasteiger partial charge on any atom is 0.242 e. The third-order valence-corrected chi connectivity index (χ3v) is 4.65. The van der Waals surface area contributed by atoms with E-state index in [4.69, 9.17) is 23.1 Å². The van der Waals surface area contributed by atoms with Crippen molar-refractivity contribution < 1.29 is 18.0 Å². The van der Waals surface area contributed by atoms with Gasteiger partial charge in [-0.05, 0) is 31.0 Å².